The van der Waals surface area contributed by atoms with E-state index in [1.54, 1.807) is 12.1 Å². The maximum atomic E-state index is 12.6. The van der Waals surface area contributed by atoms with E-state index in [-0.39, 0.29) is 11.9 Å². The Balaban J connectivity index is 2.73. The quantitative estimate of drug-likeness (QED) is 0.732. The smallest absolute Gasteiger partial charge is 0.321 e. The van der Waals surface area contributed by atoms with Gasteiger partial charge in [0.2, 0.25) is 5.91 Å². The highest BCUT2D eigenvalue weighted by Gasteiger charge is 2.15. The van der Waals surface area contributed by atoms with Gasteiger partial charge in [-0.3, -0.25) is 4.79 Å². The lowest BCUT2D eigenvalue weighted by molar-refractivity contribution is -0.114. The highest BCUT2D eigenvalue weighted by Crippen LogP contribution is 2.16. The summed E-state index contributed by atoms with van der Waals surface area (Å²) in [5.74, 6) is 0.985. The number of benzene rings is 1. The van der Waals surface area contributed by atoms with Gasteiger partial charge in [-0.25, -0.2) is 4.79 Å². The number of carbonyl (C=O) groups excluding carboxylic acids is 2. The van der Waals surface area contributed by atoms with Crippen LogP contribution in [-0.4, -0.2) is 29.9 Å². The maximum absolute atomic E-state index is 12.6. The number of anilines is 2. The van der Waals surface area contributed by atoms with Crippen molar-refractivity contribution in [1.82, 2.24) is 4.90 Å². The molecule has 0 fully saturated rings. The Labute approximate surface area is 145 Å². The molecule has 5 heteroatoms. The van der Waals surface area contributed by atoms with Gasteiger partial charge in [0.25, 0.3) is 0 Å². The van der Waals surface area contributed by atoms with Gasteiger partial charge in [0.1, 0.15) is 0 Å². The molecule has 0 heterocycles. The molecule has 24 heavy (non-hydrogen) atoms. The normalized spacial score (nSPS) is 10.8. The van der Waals surface area contributed by atoms with Crippen LogP contribution in [0, 0.1) is 11.8 Å². The first kappa shape index (κ1) is 20.0. The Kier molecular flexibility index (Phi) is 8.30. The van der Waals surface area contributed by atoms with Crippen LogP contribution in [0.15, 0.2) is 24.3 Å². The second-order valence-electron chi connectivity index (χ2n) is 7.04. The van der Waals surface area contributed by atoms with Crippen LogP contribution in [0.5, 0.6) is 0 Å². The highest BCUT2D eigenvalue weighted by atomic mass is 16.2. The number of nitrogens with one attached hydrogen (secondary N) is 2. The molecule has 0 radical (unpaired) electrons. The summed E-state index contributed by atoms with van der Waals surface area (Å²) in [6, 6.07) is 7.12. The molecule has 0 unspecified atom stereocenters. The lowest BCUT2D eigenvalue weighted by atomic mass is 10.1. The van der Waals surface area contributed by atoms with Crippen molar-refractivity contribution in [2.24, 2.45) is 11.8 Å². The number of hydrogen-bond donors (Lipinski definition) is 2. The van der Waals surface area contributed by atoms with Crippen LogP contribution in [0.1, 0.15) is 47.5 Å². The van der Waals surface area contributed by atoms with E-state index in [9.17, 15) is 9.59 Å². The number of carbonyl (C=O) groups is 2. The van der Waals surface area contributed by atoms with Crippen molar-refractivity contribution in [3.8, 4) is 0 Å². The molecule has 0 saturated heterocycles. The van der Waals surface area contributed by atoms with Gasteiger partial charge in [0.15, 0.2) is 0 Å². The van der Waals surface area contributed by atoms with E-state index >= 15 is 0 Å². The SMILES string of the molecule is CC(=O)Nc1cccc(NC(=O)N(CCC(C)C)CCC(C)C)c1. The minimum atomic E-state index is -0.131. The zero-order chi connectivity index (χ0) is 18.1. The first-order valence-corrected chi connectivity index (χ1v) is 8.71. The standard InChI is InChI=1S/C19H31N3O2/c1-14(2)9-11-22(12-10-15(3)4)19(24)21-18-8-6-7-17(13-18)20-16(5)23/h6-8,13-15H,9-12H2,1-5H3,(H,20,23)(H,21,24). The topological polar surface area (TPSA) is 61.4 Å². The minimum absolute atomic E-state index is 0.0868. The van der Waals surface area contributed by atoms with Gasteiger partial charge in [-0.05, 0) is 42.9 Å². The lowest BCUT2D eigenvalue weighted by Gasteiger charge is -2.25. The number of rotatable bonds is 8. The van der Waals surface area contributed by atoms with E-state index in [0.29, 0.717) is 23.2 Å². The lowest BCUT2D eigenvalue weighted by Crippen LogP contribution is -2.37. The Hall–Kier alpha value is -2.04. The molecule has 0 spiro atoms. The second kappa shape index (κ2) is 9.96. The molecule has 2 N–H and O–H groups in total. The van der Waals surface area contributed by atoms with Gasteiger partial charge >= 0.3 is 6.03 Å². The van der Waals surface area contributed by atoms with Crippen molar-refractivity contribution < 1.29 is 9.59 Å². The van der Waals surface area contributed by atoms with E-state index < -0.39 is 0 Å². The summed E-state index contributed by atoms with van der Waals surface area (Å²) in [5.41, 5.74) is 1.36. The molecular weight excluding hydrogens is 302 g/mol. The monoisotopic (exact) mass is 333 g/mol. The summed E-state index contributed by atoms with van der Waals surface area (Å²) in [5, 5.41) is 5.66. The summed E-state index contributed by atoms with van der Waals surface area (Å²) in [4.78, 5) is 25.6. The third kappa shape index (κ3) is 7.99. The summed E-state index contributed by atoms with van der Waals surface area (Å²) in [7, 11) is 0. The van der Waals surface area contributed by atoms with Crippen molar-refractivity contribution in [2.75, 3.05) is 23.7 Å². The van der Waals surface area contributed by atoms with Gasteiger partial charge in [0.05, 0.1) is 0 Å². The molecule has 0 aliphatic rings. The summed E-state index contributed by atoms with van der Waals surface area (Å²) < 4.78 is 0. The van der Waals surface area contributed by atoms with E-state index in [4.69, 9.17) is 0 Å². The molecular formula is C19H31N3O2. The largest absolute Gasteiger partial charge is 0.326 e. The Bertz CT molecular complexity index is 529. The van der Waals surface area contributed by atoms with Crippen LogP contribution >= 0.6 is 0 Å². The molecule has 0 aromatic heterocycles. The van der Waals surface area contributed by atoms with Crippen molar-refractivity contribution in [1.29, 1.82) is 0 Å². The van der Waals surface area contributed by atoms with Crippen LogP contribution in [-0.2, 0) is 4.79 Å². The molecule has 0 saturated carbocycles. The fraction of sp³-hybridized carbons (Fsp3) is 0.579. The van der Waals surface area contributed by atoms with E-state index in [1.807, 2.05) is 17.0 Å². The van der Waals surface area contributed by atoms with E-state index in [2.05, 4.69) is 38.3 Å². The molecule has 0 bridgehead atoms. The van der Waals surface area contributed by atoms with Gasteiger partial charge in [0, 0.05) is 31.4 Å². The molecule has 1 aromatic carbocycles. The number of hydrogen-bond acceptors (Lipinski definition) is 2. The van der Waals surface area contributed by atoms with Crippen LogP contribution in [0.25, 0.3) is 0 Å². The van der Waals surface area contributed by atoms with Crippen molar-refractivity contribution in [3.05, 3.63) is 24.3 Å². The van der Waals surface area contributed by atoms with Gasteiger partial charge in [-0.1, -0.05) is 33.8 Å². The molecule has 0 atom stereocenters. The highest BCUT2D eigenvalue weighted by molar-refractivity contribution is 5.92. The van der Waals surface area contributed by atoms with Crippen molar-refractivity contribution in [3.63, 3.8) is 0 Å². The van der Waals surface area contributed by atoms with Crippen LogP contribution < -0.4 is 10.6 Å². The minimum Gasteiger partial charge on any atom is -0.326 e. The third-order valence-electron chi connectivity index (χ3n) is 3.67. The summed E-state index contributed by atoms with van der Waals surface area (Å²) >= 11 is 0. The van der Waals surface area contributed by atoms with Crippen molar-refractivity contribution in [2.45, 2.75) is 47.5 Å². The predicted octanol–water partition coefficient (Wildman–Crippen LogP) is 4.57. The fourth-order valence-corrected chi connectivity index (χ4v) is 2.22. The molecule has 5 nitrogen and oxygen atoms in total. The molecule has 134 valence electrons. The second-order valence-corrected chi connectivity index (χ2v) is 7.04. The molecule has 0 aliphatic carbocycles. The molecule has 0 aliphatic heterocycles. The summed E-state index contributed by atoms with van der Waals surface area (Å²) in [6.07, 6.45) is 1.97. The fourth-order valence-electron chi connectivity index (χ4n) is 2.22. The Morgan fingerprint density at radius 2 is 1.46 bits per heavy atom. The first-order chi connectivity index (χ1) is 11.3. The first-order valence-electron chi connectivity index (χ1n) is 8.71. The average Bonchev–Trinajstić information content (AvgIpc) is 2.46. The van der Waals surface area contributed by atoms with Gasteiger partial charge in [-0.15, -0.1) is 0 Å². The Morgan fingerprint density at radius 1 is 0.958 bits per heavy atom. The van der Waals surface area contributed by atoms with E-state index in [1.165, 1.54) is 6.92 Å². The van der Waals surface area contributed by atoms with Crippen LogP contribution in [0.3, 0.4) is 0 Å². The van der Waals surface area contributed by atoms with Gasteiger partial charge in [-0.2, -0.15) is 0 Å². The number of nitrogens with zero attached hydrogens (tertiary/aromatic N) is 1. The van der Waals surface area contributed by atoms with Crippen molar-refractivity contribution >= 4 is 23.3 Å². The number of urea groups is 1. The summed E-state index contributed by atoms with van der Waals surface area (Å²) in [6.45, 7) is 11.6. The zero-order valence-electron chi connectivity index (χ0n) is 15.6. The van der Waals surface area contributed by atoms with Gasteiger partial charge < -0.3 is 15.5 Å². The molecule has 1 rings (SSSR count). The Morgan fingerprint density at radius 3 is 1.92 bits per heavy atom. The van der Waals surface area contributed by atoms with Crippen LogP contribution in [0.4, 0.5) is 16.2 Å². The predicted molar refractivity (Wildman–Crippen MR) is 100 cm³/mol. The van der Waals surface area contributed by atoms with E-state index in [0.717, 1.165) is 25.9 Å². The number of amides is 3. The zero-order valence-corrected chi connectivity index (χ0v) is 15.6. The molecule has 3 amide bonds. The van der Waals surface area contributed by atoms with Crippen LogP contribution in [0.2, 0.25) is 0 Å². The maximum Gasteiger partial charge on any atom is 0.321 e. The average molecular weight is 333 g/mol. The molecule has 1 aromatic rings. The third-order valence-corrected chi connectivity index (χ3v) is 3.67.